The standard InChI is InChI=1S/C26H23N5O3/c1-18(32)28-23-15-21(11-12-24(23)34-2)29-25(33)13-10-20-17-31(22-8-4-3-5-9-22)30-26(20)19-7-6-14-27-16-19/h3-17H,1-2H3,(H,28,32)(H,29,33)/b13-10+. The molecule has 0 aliphatic carbocycles. The minimum Gasteiger partial charge on any atom is -0.495 e. The number of hydrogen-bond acceptors (Lipinski definition) is 5. The van der Waals surface area contributed by atoms with Gasteiger partial charge in [0.1, 0.15) is 11.4 Å². The van der Waals surface area contributed by atoms with Crippen LogP contribution in [0, 0.1) is 0 Å². The summed E-state index contributed by atoms with van der Waals surface area (Å²) in [6.45, 7) is 1.41. The predicted molar refractivity (Wildman–Crippen MR) is 132 cm³/mol. The number of nitrogens with one attached hydrogen (secondary N) is 2. The molecule has 4 rings (SSSR count). The van der Waals surface area contributed by atoms with Gasteiger partial charge < -0.3 is 15.4 Å². The van der Waals surface area contributed by atoms with Gasteiger partial charge in [-0.2, -0.15) is 5.10 Å². The Balaban J connectivity index is 1.59. The normalized spacial score (nSPS) is 10.8. The van der Waals surface area contributed by atoms with Gasteiger partial charge in [-0.1, -0.05) is 18.2 Å². The molecule has 0 aliphatic heterocycles. The number of aromatic nitrogens is 3. The molecular formula is C26H23N5O3. The van der Waals surface area contributed by atoms with E-state index in [2.05, 4.69) is 15.6 Å². The topological polar surface area (TPSA) is 98.1 Å². The number of carbonyl (C=O) groups excluding carboxylic acids is 2. The number of amides is 2. The van der Waals surface area contributed by atoms with Gasteiger partial charge >= 0.3 is 0 Å². The number of pyridine rings is 1. The molecule has 8 heteroatoms. The zero-order chi connectivity index (χ0) is 23.9. The first-order valence-electron chi connectivity index (χ1n) is 10.5. The van der Waals surface area contributed by atoms with Gasteiger partial charge in [0.15, 0.2) is 0 Å². The summed E-state index contributed by atoms with van der Waals surface area (Å²) in [5.41, 5.74) is 4.21. The number of rotatable bonds is 7. The zero-order valence-electron chi connectivity index (χ0n) is 18.7. The first kappa shape index (κ1) is 22.5. The number of ether oxygens (including phenoxy) is 1. The first-order valence-corrected chi connectivity index (χ1v) is 10.5. The molecule has 34 heavy (non-hydrogen) atoms. The molecule has 2 aromatic carbocycles. The van der Waals surface area contributed by atoms with Gasteiger partial charge in [-0.25, -0.2) is 4.68 Å². The van der Waals surface area contributed by atoms with Crippen LogP contribution in [0.2, 0.25) is 0 Å². The largest absolute Gasteiger partial charge is 0.495 e. The summed E-state index contributed by atoms with van der Waals surface area (Å²) in [5, 5.41) is 10.2. The Morgan fingerprint density at radius 3 is 2.56 bits per heavy atom. The molecule has 0 spiro atoms. The summed E-state index contributed by atoms with van der Waals surface area (Å²) < 4.78 is 7.02. The Bertz CT molecular complexity index is 1330. The van der Waals surface area contributed by atoms with E-state index in [9.17, 15) is 9.59 Å². The average molecular weight is 454 g/mol. The van der Waals surface area contributed by atoms with Crippen molar-refractivity contribution in [3.8, 4) is 22.7 Å². The molecule has 8 nitrogen and oxygen atoms in total. The van der Waals surface area contributed by atoms with Crippen molar-refractivity contribution in [2.75, 3.05) is 17.7 Å². The highest BCUT2D eigenvalue weighted by Crippen LogP contribution is 2.28. The van der Waals surface area contributed by atoms with Gasteiger partial charge in [0, 0.05) is 48.4 Å². The molecule has 0 atom stereocenters. The van der Waals surface area contributed by atoms with Crippen molar-refractivity contribution in [3.63, 3.8) is 0 Å². The fraction of sp³-hybridized carbons (Fsp3) is 0.0769. The highest BCUT2D eigenvalue weighted by atomic mass is 16.5. The number of anilines is 2. The van der Waals surface area contributed by atoms with Gasteiger partial charge in [0.2, 0.25) is 11.8 Å². The fourth-order valence-corrected chi connectivity index (χ4v) is 3.37. The van der Waals surface area contributed by atoms with E-state index in [4.69, 9.17) is 9.84 Å². The van der Waals surface area contributed by atoms with Crippen LogP contribution < -0.4 is 15.4 Å². The van der Waals surface area contributed by atoms with Crippen LogP contribution in [0.15, 0.2) is 85.3 Å². The van der Waals surface area contributed by atoms with E-state index in [1.807, 2.05) is 48.7 Å². The number of methoxy groups -OCH3 is 1. The van der Waals surface area contributed by atoms with Crippen molar-refractivity contribution in [3.05, 3.63) is 90.9 Å². The van der Waals surface area contributed by atoms with E-state index in [0.717, 1.165) is 16.8 Å². The van der Waals surface area contributed by atoms with Crippen LogP contribution in [0.25, 0.3) is 23.0 Å². The van der Waals surface area contributed by atoms with Gasteiger partial charge in [0.25, 0.3) is 0 Å². The Kier molecular flexibility index (Phi) is 6.78. The second kappa shape index (κ2) is 10.3. The van der Waals surface area contributed by atoms with Crippen molar-refractivity contribution >= 4 is 29.3 Å². The summed E-state index contributed by atoms with van der Waals surface area (Å²) >= 11 is 0. The molecule has 170 valence electrons. The number of carbonyl (C=O) groups is 2. The third-order valence-corrected chi connectivity index (χ3v) is 4.89. The molecule has 2 aromatic heterocycles. The second-order valence-electron chi connectivity index (χ2n) is 7.37. The first-order chi connectivity index (χ1) is 16.5. The molecule has 2 amide bonds. The highest BCUT2D eigenvalue weighted by molar-refractivity contribution is 6.03. The lowest BCUT2D eigenvalue weighted by molar-refractivity contribution is -0.114. The molecule has 0 radical (unpaired) electrons. The third kappa shape index (κ3) is 5.36. The van der Waals surface area contributed by atoms with E-state index >= 15 is 0 Å². The van der Waals surface area contributed by atoms with Crippen LogP contribution in [-0.2, 0) is 9.59 Å². The molecule has 0 unspecified atom stereocenters. The van der Waals surface area contributed by atoms with E-state index < -0.39 is 0 Å². The van der Waals surface area contributed by atoms with Crippen LogP contribution >= 0.6 is 0 Å². The van der Waals surface area contributed by atoms with Crippen LogP contribution in [-0.4, -0.2) is 33.7 Å². The SMILES string of the molecule is COc1ccc(NC(=O)/C=C/c2cn(-c3ccccc3)nc2-c2cccnc2)cc1NC(C)=O. The number of para-hydroxylation sites is 1. The average Bonchev–Trinajstić information content (AvgIpc) is 3.28. The molecule has 2 heterocycles. The Morgan fingerprint density at radius 2 is 1.85 bits per heavy atom. The van der Waals surface area contributed by atoms with Gasteiger partial charge in [-0.15, -0.1) is 0 Å². The molecule has 0 bridgehead atoms. The minimum absolute atomic E-state index is 0.236. The van der Waals surface area contributed by atoms with Crippen LogP contribution in [0.5, 0.6) is 5.75 Å². The summed E-state index contributed by atoms with van der Waals surface area (Å²) in [6, 6.07) is 18.5. The summed E-state index contributed by atoms with van der Waals surface area (Å²) in [4.78, 5) is 28.3. The predicted octanol–water partition coefficient (Wildman–Crippen LogP) is 4.55. The van der Waals surface area contributed by atoms with E-state index in [1.54, 1.807) is 41.4 Å². The van der Waals surface area contributed by atoms with Gasteiger partial charge in [-0.3, -0.25) is 14.6 Å². The fourth-order valence-electron chi connectivity index (χ4n) is 3.37. The number of benzene rings is 2. The van der Waals surface area contributed by atoms with Crippen molar-refractivity contribution in [2.45, 2.75) is 6.92 Å². The lowest BCUT2D eigenvalue weighted by Gasteiger charge is -2.11. The quantitative estimate of drug-likeness (QED) is 0.400. The molecule has 0 fully saturated rings. The Morgan fingerprint density at radius 1 is 1.03 bits per heavy atom. The number of nitrogens with zero attached hydrogens (tertiary/aromatic N) is 3. The van der Waals surface area contributed by atoms with E-state index in [0.29, 0.717) is 22.8 Å². The van der Waals surface area contributed by atoms with Crippen LogP contribution in [0.4, 0.5) is 11.4 Å². The maximum atomic E-state index is 12.6. The van der Waals surface area contributed by atoms with Gasteiger partial charge in [0.05, 0.1) is 18.5 Å². The number of hydrogen-bond donors (Lipinski definition) is 2. The van der Waals surface area contributed by atoms with E-state index in [1.165, 1.54) is 20.1 Å². The van der Waals surface area contributed by atoms with Crippen molar-refractivity contribution < 1.29 is 14.3 Å². The Hall–Kier alpha value is -4.72. The summed E-state index contributed by atoms with van der Waals surface area (Å²) in [6.07, 6.45) is 8.45. The van der Waals surface area contributed by atoms with Crippen molar-refractivity contribution in [1.82, 2.24) is 14.8 Å². The van der Waals surface area contributed by atoms with Crippen molar-refractivity contribution in [2.24, 2.45) is 0 Å². The second-order valence-corrected chi connectivity index (χ2v) is 7.37. The maximum absolute atomic E-state index is 12.6. The molecule has 0 aliphatic rings. The molecule has 2 N–H and O–H groups in total. The lowest BCUT2D eigenvalue weighted by atomic mass is 10.1. The third-order valence-electron chi connectivity index (χ3n) is 4.89. The minimum atomic E-state index is -0.330. The smallest absolute Gasteiger partial charge is 0.248 e. The zero-order valence-corrected chi connectivity index (χ0v) is 18.7. The Labute approximate surface area is 196 Å². The molecule has 0 saturated carbocycles. The van der Waals surface area contributed by atoms with Crippen molar-refractivity contribution in [1.29, 1.82) is 0 Å². The van der Waals surface area contributed by atoms with Gasteiger partial charge in [-0.05, 0) is 48.5 Å². The maximum Gasteiger partial charge on any atom is 0.248 e. The molecule has 4 aromatic rings. The molecule has 0 saturated heterocycles. The highest BCUT2D eigenvalue weighted by Gasteiger charge is 2.12. The monoisotopic (exact) mass is 453 g/mol. The lowest BCUT2D eigenvalue weighted by Crippen LogP contribution is -2.10. The summed E-state index contributed by atoms with van der Waals surface area (Å²) in [5.74, 6) is -0.0678. The van der Waals surface area contributed by atoms with Crippen LogP contribution in [0.3, 0.4) is 0 Å². The van der Waals surface area contributed by atoms with E-state index in [-0.39, 0.29) is 11.8 Å². The molecular weight excluding hydrogens is 430 g/mol. The summed E-state index contributed by atoms with van der Waals surface area (Å²) in [7, 11) is 1.51. The van der Waals surface area contributed by atoms with Crippen LogP contribution in [0.1, 0.15) is 12.5 Å².